The molecule has 31 heavy (non-hydrogen) atoms. The number of anilines is 2. The third-order valence-corrected chi connectivity index (χ3v) is 5.43. The highest BCUT2D eigenvalue weighted by atomic mass is 79.9. The van der Waals surface area contributed by atoms with Crippen molar-refractivity contribution < 1.29 is 4.79 Å². The van der Waals surface area contributed by atoms with Crippen LogP contribution in [0.5, 0.6) is 0 Å². The summed E-state index contributed by atoms with van der Waals surface area (Å²) in [7, 11) is 0. The van der Waals surface area contributed by atoms with Gasteiger partial charge in [-0.1, -0.05) is 52.3 Å². The van der Waals surface area contributed by atoms with Crippen molar-refractivity contribution in [3.8, 4) is 11.1 Å². The Bertz CT molecular complexity index is 1140. The molecule has 1 aromatic heterocycles. The number of benzene rings is 3. The van der Waals surface area contributed by atoms with Gasteiger partial charge in [-0.3, -0.25) is 9.78 Å². The molecule has 2 N–H and O–H groups in total. The molecule has 0 unspecified atom stereocenters. The van der Waals surface area contributed by atoms with Crippen LogP contribution in [0.3, 0.4) is 0 Å². The SMILES string of the molecule is O=C(Nc1ccc(NCCc2ccccn2)cc1)c1ccccc1-c1ccc(Br)cc1. The molecule has 1 amide bonds. The van der Waals surface area contributed by atoms with E-state index in [1.54, 1.807) is 0 Å². The quantitative estimate of drug-likeness (QED) is 0.327. The van der Waals surface area contributed by atoms with Gasteiger partial charge in [-0.15, -0.1) is 0 Å². The number of hydrogen-bond donors (Lipinski definition) is 2. The Kier molecular flexibility index (Phi) is 6.75. The molecular formula is C26H22BrN3O. The molecule has 0 aliphatic carbocycles. The number of nitrogens with one attached hydrogen (secondary N) is 2. The van der Waals surface area contributed by atoms with E-state index in [-0.39, 0.29) is 5.91 Å². The van der Waals surface area contributed by atoms with Gasteiger partial charge in [0.05, 0.1) is 0 Å². The standard InChI is InChI=1S/C26H22BrN3O/c27-20-10-8-19(9-11-20)24-6-1-2-7-25(24)26(31)30-23-14-12-22(13-15-23)29-18-16-21-5-3-4-17-28-21/h1-15,17,29H,16,18H2,(H,30,31). The van der Waals surface area contributed by atoms with Crippen molar-refractivity contribution in [1.29, 1.82) is 0 Å². The van der Waals surface area contributed by atoms with Gasteiger partial charge in [0.25, 0.3) is 5.91 Å². The van der Waals surface area contributed by atoms with Gasteiger partial charge in [0, 0.05) is 46.3 Å². The van der Waals surface area contributed by atoms with E-state index < -0.39 is 0 Å². The molecule has 4 rings (SSSR count). The minimum Gasteiger partial charge on any atom is -0.385 e. The Labute approximate surface area is 190 Å². The fraction of sp³-hybridized carbons (Fsp3) is 0.0769. The molecule has 0 saturated carbocycles. The zero-order valence-electron chi connectivity index (χ0n) is 16.9. The molecule has 154 valence electrons. The van der Waals surface area contributed by atoms with Crippen LogP contribution in [0.4, 0.5) is 11.4 Å². The van der Waals surface area contributed by atoms with E-state index in [9.17, 15) is 4.79 Å². The smallest absolute Gasteiger partial charge is 0.256 e. The summed E-state index contributed by atoms with van der Waals surface area (Å²) in [5.74, 6) is -0.130. The molecule has 0 fully saturated rings. The van der Waals surface area contributed by atoms with Gasteiger partial charge in [0.2, 0.25) is 0 Å². The van der Waals surface area contributed by atoms with Gasteiger partial charge >= 0.3 is 0 Å². The summed E-state index contributed by atoms with van der Waals surface area (Å²) in [6.07, 6.45) is 2.66. The van der Waals surface area contributed by atoms with Crippen molar-refractivity contribution in [3.63, 3.8) is 0 Å². The lowest BCUT2D eigenvalue weighted by Gasteiger charge is -2.12. The first-order chi connectivity index (χ1) is 15.2. The Morgan fingerprint density at radius 1 is 0.806 bits per heavy atom. The maximum Gasteiger partial charge on any atom is 0.256 e. The van der Waals surface area contributed by atoms with Crippen LogP contribution < -0.4 is 10.6 Å². The third kappa shape index (κ3) is 5.58. The maximum atomic E-state index is 12.9. The zero-order valence-corrected chi connectivity index (χ0v) is 18.5. The first-order valence-electron chi connectivity index (χ1n) is 10.1. The van der Waals surface area contributed by atoms with Crippen LogP contribution in [0.2, 0.25) is 0 Å². The van der Waals surface area contributed by atoms with Crippen molar-refractivity contribution in [2.75, 3.05) is 17.2 Å². The monoisotopic (exact) mass is 471 g/mol. The summed E-state index contributed by atoms with van der Waals surface area (Å²) in [6.45, 7) is 0.795. The van der Waals surface area contributed by atoms with Crippen LogP contribution in [0.25, 0.3) is 11.1 Å². The van der Waals surface area contributed by atoms with Crippen molar-refractivity contribution in [3.05, 3.63) is 113 Å². The normalized spacial score (nSPS) is 10.5. The topological polar surface area (TPSA) is 54.0 Å². The lowest BCUT2D eigenvalue weighted by molar-refractivity contribution is 0.102. The number of pyridine rings is 1. The van der Waals surface area contributed by atoms with E-state index in [0.29, 0.717) is 5.56 Å². The molecule has 4 aromatic rings. The van der Waals surface area contributed by atoms with Crippen LogP contribution in [-0.2, 0) is 6.42 Å². The molecule has 4 nitrogen and oxygen atoms in total. The summed E-state index contributed by atoms with van der Waals surface area (Å²) in [6, 6.07) is 29.3. The van der Waals surface area contributed by atoms with Crippen LogP contribution >= 0.6 is 15.9 Å². The van der Waals surface area contributed by atoms with Gasteiger partial charge < -0.3 is 10.6 Å². The van der Waals surface area contributed by atoms with Crippen LogP contribution in [0.1, 0.15) is 16.1 Å². The number of aromatic nitrogens is 1. The third-order valence-electron chi connectivity index (χ3n) is 4.91. The first kappa shape index (κ1) is 20.8. The number of rotatable bonds is 7. The van der Waals surface area contributed by atoms with E-state index in [4.69, 9.17) is 0 Å². The lowest BCUT2D eigenvalue weighted by Crippen LogP contribution is -2.13. The fourth-order valence-electron chi connectivity index (χ4n) is 3.31. The second-order valence-corrected chi connectivity index (χ2v) is 8.00. The largest absolute Gasteiger partial charge is 0.385 e. The molecule has 3 aromatic carbocycles. The minimum absolute atomic E-state index is 0.130. The van der Waals surface area contributed by atoms with Crippen LogP contribution in [0, 0.1) is 0 Å². The molecule has 0 aliphatic rings. The first-order valence-corrected chi connectivity index (χ1v) is 10.9. The zero-order chi connectivity index (χ0) is 21.5. The Hall–Kier alpha value is -3.44. The number of nitrogens with zero attached hydrogens (tertiary/aromatic N) is 1. The molecule has 0 bridgehead atoms. The second kappa shape index (κ2) is 10.0. The van der Waals surface area contributed by atoms with Crippen molar-refractivity contribution in [2.24, 2.45) is 0 Å². The van der Waals surface area contributed by atoms with E-state index >= 15 is 0 Å². The molecule has 0 spiro atoms. The van der Waals surface area contributed by atoms with Gasteiger partial charge in [-0.2, -0.15) is 0 Å². The van der Waals surface area contributed by atoms with E-state index in [1.165, 1.54) is 0 Å². The summed E-state index contributed by atoms with van der Waals surface area (Å²) < 4.78 is 1.01. The lowest BCUT2D eigenvalue weighted by atomic mass is 9.99. The second-order valence-electron chi connectivity index (χ2n) is 7.08. The molecule has 0 atom stereocenters. The molecule has 1 heterocycles. The summed E-state index contributed by atoms with van der Waals surface area (Å²) in [5, 5.41) is 6.39. The predicted molar refractivity (Wildman–Crippen MR) is 130 cm³/mol. The molecule has 0 radical (unpaired) electrons. The average molecular weight is 472 g/mol. The van der Waals surface area contributed by atoms with Crippen LogP contribution in [-0.4, -0.2) is 17.4 Å². The van der Waals surface area contributed by atoms with Gasteiger partial charge in [0.15, 0.2) is 0 Å². The van der Waals surface area contributed by atoms with Crippen molar-refractivity contribution in [2.45, 2.75) is 6.42 Å². The summed E-state index contributed by atoms with van der Waals surface area (Å²) in [5.41, 5.74) is 5.36. The fourth-order valence-corrected chi connectivity index (χ4v) is 3.58. The average Bonchev–Trinajstić information content (AvgIpc) is 2.81. The maximum absolute atomic E-state index is 12.9. The highest BCUT2D eigenvalue weighted by Gasteiger charge is 2.12. The summed E-state index contributed by atoms with van der Waals surface area (Å²) in [4.78, 5) is 17.3. The molecular weight excluding hydrogens is 450 g/mol. The number of halogens is 1. The number of carbonyl (C=O) groups excluding carboxylic acids is 1. The Balaban J connectivity index is 1.39. The molecule has 0 saturated heterocycles. The molecule has 5 heteroatoms. The van der Waals surface area contributed by atoms with E-state index in [1.807, 2.05) is 97.2 Å². The minimum atomic E-state index is -0.130. The Morgan fingerprint density at radius 3 is 2.26 bits per heavy atom. The van der Waals surface area contributed by atoms with Gasteiger partial charge in [-0.05, 0) is 65.7 Å². The number of hydrogen-bond acceptors (Lipinski definition) is 3. The van der Waals surface area contributed by atoms with Crippen molar-refractivity contribution >= 4 is 33.2 Å². The van der Waals surface area contributed by atoms with E-state index in [2.05, 4.69) is 31.5 Å². The number of carbonyl (C=O) groups is 1. The number of amides is 1. The highest BCUT2D eigenvalue weighted by molar-refractivity contribution is 9.10. The van der Waals surface area contributed by atoms with Gasteiger partial charge in [-0.25, -0.2) is 0 Å². The van der Waals surface area contributed by atoms with E-state index in [0.717, 1.165) is 45.6 Å². The predicted octanol–water partition coefficient (Wildman–Crippen LogP) is 6.42. The highest BCUT2D eigenvalue weighted by Crippen LogP contribution is 2.26. The Morgan fingerprint density at radius 2 is 1.52 bits per heavy atom. The summed E-state index contributed by atoms with van der Waals surface area (Å²) >= 11 is 3.46. The van der Waals surface area contributed by atoms with Crippen LogP contribution in [0.15, 0.2) is 102 Å². The van der Waals surface area contributed by atoms with Crippen molar-refractivity contribution in [1.82, 2.24) is 4.98 Å². The van der Waals surface area contributed by atoms with Gasteiger partial charge in [0.1, 0.15) is 0 Å². The molecule has 0 aliphatic heterocycles.